The minimum Gasteiger partial charge on any atom is -0.302 e. The first-order chi connectivity index (χ1) is 14.9. The van der Waals surface area contributed by atoms with Gasteiger partial charge < -0.3 is 4.57 Å². The lowest BCUT2D eigenvalue weighted by Gasteiger charge is -2.22. The lowest BCUT2D eigenvalue weighted by Crippen LogP contribution is -2.24. The van der Waals surface area contributed by atoms with Crippen LogP contribution >= 0.6 is 34.7 Å². The SMILES string of the molecule is C=CCn1c(SCc2csc(N(C(C)=O)c3c(C)cc(C)cc3Cl)n2)nnc1C1CC1. The molecule has 31 heavy (non-hydrogen) atoms. The van der Waals surface area contributed by atoms with Crippen LogP contribution < -0.4 is 4.90 Å². The van der Waals surface area contributed by atoms with Gasteiger partial charge in [-0.25, -0.2) is 4.98 Å². The van der Waals surface area contributed by atoms with E-state index in [1.54, 1.807) is 16.7 Å². The van der Waals surface area contributed by atoms with E-state index in [-0.39, 0.29) is 5.91 Å². The highest BCUT2D eigenvalue weighted by Crippen LogP contribution is 2.41. The molecule has 0 saturated heterocycles. The number of carbonyl (C=O) groups excluding carboxylic acids is 1. The van der Waals surface area contributed by atoms with Crippen molar-refractivity contribution in [2.24, 2.45) is 0 Å². The van der Waals surface area contributed by atoms with Crippen LogP contribution in [-0.4, -0.2) is 25.7 Å². The van der Waals surface area contributed by atoms with Gasteiger partial charge in [0.25, 0.3) is 0 Å². The largest absolute Gasteiger partial charge is 0.302 e. The van der Waals surface area contributed by atoms with Crippen molar-refractivity contribution in [2.45, 2.75) is 57.0 Å². The highest BCUT2D eigenvalue weighted by atomic mass is 35.5. The van der Waals surface area contributed by atoms with E-state index >= 15 is 0 Å². The quantitative estimate of drug-likeness (QED) is 0.294. The number of aromatic nitrogens is 4. The highest BCUT2D eigenvalue weighted by molar-refractivity contribution is 7.98. The maximum atomic E-state index is 12.5. The Morgan fingerprint density at radius 2 is 2.16 bits per heavy atom. The number of nitrogens with zero attached hydrogens (tertiary/aromatic N) is 5. The number of anilines is 2. The van der Waals surface area contributed by atoms with Gasteiger partial charge in [-0.1, -0.05) is 35.5 Å². The molecule has 162 valence electrons. The molecule has 0 unspecified atom stereocenters. The average molecular weight is 474 g/mol. The molecule has 3 aromatic rings. The molecule has 0 N–H and O–H groups in total. The summed E-state index contributed by atoms with van der Waals surface area (Å²) in [6.07, 6.45) is 4.23. The van der Waals surface area contributed by atoms with E-state index in [0.717, 1.165) is 27.8 Å². The topological polar surface area (TPSA) is 63.9 Å². The van der Waals surface area contributed by atoms with Crippen LogP contribution in [-0.2, 0) is 17.1 Å². The van der Waals surface area contributed by atoms with Crippen molar-refractivity contribution < 1.29 is 4.79 Å². The molecule has 1 saturated carbocycles. The second kappa shape index (κ2) is 9.14. The summed E-state index contributed by atoms with van der Waals surface area (Å²) in [5, 5.41) is 12.8. The van der Waals surface area contributed by atoms with Crippen LogP contribution in [0.15, 0.2) is 35.3 Å². The molecule has 0 bridgehead atoms. The van der Waals surface area contributed by atoms with E-state index in [4.69, 9.17) is 16.6 Å². The van der Waals surface area contributed by atoms with Gasteiger partial charge >= 0.3 is 0 Å². The summed E-state index contributed by atoms with van der Waals surface area (Å²) in [6, 6.07) is 3.89. The molecule has 9 heteroatoms. The summed E-state index contributed by atoms with van der Waals surface area (Å²) in [5.74, 6) is 2.10. The van der Waals surface area contributed by atoms with Gasteiger partial charge in [0.05, 0.1) is 16.4 Å². The summed E-state index contributed by atoms with van der Waals surface area (Å²) < 4.78 is 2.14. The third-order valence-corrected chi connectivity index (χ3v) is 7.18. The molecule has 0 spiro atoms. The van der Waals surface area contributed by atoms with Crippen molar-refractivity contribution in [1.29, 1.82) is 0 Å². The van der Waals surface area contributed by atoms with Gasteiger partial charge in [-0.05, 0) is 43.9 Å². The molecular formula is C22H24ClN5OS2. The van der Waals surface area contributed by atoms with Crippen LogP contribution in [0.1, 0.15) is 48.3 Å². The molecule has 4 rings (SSSR count). The first kappa shape index (κ1) is 22.0. The molecule has 1 aromatic carbocycles. The van der Waals surface area contributed by atoms with Crippen molar-refractivity contribution in [3.8, 4) is 0 Å². The third kappa shape index (κ3) is 4.71. The minimum absolute atomic E-state index is 0.123. The number of thiazole rings is 1. The van der Waals surface area contributed by atoms with Crippen LogP contribution in [0.2, 0.25) is 5.02 Å². The molecule has 2 aromatic heterocycles. The Morgan fingerprint density at radius 1 is 1.39 bits per heavy atom. The third-order valence-electron chi connectivity index (χ3n) is 5.02. The first-order valence-corrected chi connectivity index (χ1v) is 12.3. The smallest absolute Gasteiger partial charge is 0.230 e. The zero-order valence-corrected chi connectivity index (χ0v) is 20.1. The Balaban J connectivity index is 1.55. The molecule has 1 aliphatic carbocycles. The van der Waals surface area contributed by atoms with E-state index in [2.05, 4.69) is 21.3 Å². The molecule has 0 aliphatic heterocycles. The molecular weight excluding hydrogens is 450 g/mol. The zero-order chi connectivity index (χ0) is 22.1. The number of aryl methyl sites for hydroxylation is 2. The first-order valence-electron chi connectivity index (χ1n) is 10.1. The fourth-order valence-electron chi connectivity index (χ4n) is 3.53. The van der Waals surface area contributed by atoms with Gasteiger partial charge in [0, 0.05) is 30.5 Å². The predicted molar refractivity (Wildman–Crippen MR) is 128 cm³/mol. The van der Waals surface area contributed by atoms with Gasteiger partial charge in [-0.3, -0.25) is 9.69 Å². The maximum Gasteiger partial charge on any atom is 0.230 e. The Bertz CT molecular complexity index is 1110. The minimum atomic E-state index is -0.123. The molecule has 1 fully saturated rings. The summed E-state index contributed by atoms with van der Waals surface area (Å²) >= 11 is 9.54. The van der Waals surface area contributed by atoms with Crippen LogP contribution in [0.25, 0.3) is 0 Å². The van der Waals surface area contributed by atoms with Crippen LogP contribution in [0.4, 0.5) is 10.8 Å². The van der Waals surface area contributed by atoms with Crippen LogP contribution in [0.3, 0.4) is 0 Å². The number of hydrogen-bond acceptors (Lipinski definition) is 6. The maximum absolute atomic E-state index is 12.5. The lowest BCUT2D eigenvalue weighted by molar-refractivity contribution is -0.115. The number of amides is 1. The number of carbonyl (C=O) groups is 1. The fraction of sp³-hybridized carbons (Fsp3) is 0.364. The van der Waals surface area contributed by atoms with Crippen molar-refractivity contribution in [3.63, 3.8) is 0 Å². The molecule has 6 nitrogen and oxygen atoms in total. The van der Waals surface area contributed by atoms with Gasteiger partial charge in [0.1, 0.15) is 5.82 Å². The zero-order valence-electron chi connectivity index (χ0n) is 17.8. The fourth-order valence-corrected chi connectivity index (χ4v) is 5.77. The van der Waals surface area contributed by atoms with Crippen LogP contribution in [0, 0.1) is 13.8 Å². The predicted octanol–water partition coefficient (Wildman–Crippen LogP) is 6.05. The Hall–Kier alpha value is -2.16. The second-order valence-electron chi connectivity index (χ2n) is 7.69. The summed E-state index contributed by atoms with van der Waals surface area (Å²) in [5.41, 5.74) is 3.57. The van der Waals surface area contributed by atoms with Gasteiger partial charge in [-0.15, -0.1) is 28.1 Å². The Morgan fingerprint density at radius 3 is 2.81 bits per heavy atom. The van der Waals surface area contributed by atoms with E-state index in [9.17, 15) is 4.79 Å². The Labute approximate surface area is 195 Å². The number of allylic oxidation sites excluding steroid dienone is 1. The van der Waals surface area contributed by atoms with E-state index in [0.29, 0.717) is 34.1 Å². The monoisotopic (exact) mass is 473 g/mol. The second-order valence-corrected chi connectivity index (χ2v) is 9.88. The van der Waals surface area contributed by atoms with E-state index < -0.39 is 0 Å². The summed E-state index contributed by atoms with van der Waals surface area (Å²) in [7, 11) is 0. The number of rotatable bonds is 8. The highest BCUT2D eigenvalue weighted by Gasteiger charge is 2.30. The Kier molecular flexibility index (Phi) is 6.50. The molecule has 0 radical (unpaired) electrons. The molecule has 2 heterocycles. The van der Waals surface area contributed by atoms with Crippen molar-refractivity contribution in [2.75, 3.05) is 4.90 Å². The van der Waals surface area contributed by atoms with Crippen molar-refractivity contribution in [3.05, 3.63) is 57.8 Å². The number of benzene rings is 1. The molecule has 1 amide bonds. The number of halogens is 1. The normalized spacial score (nSPS) is 13.4. The van der Waals surface area contributed by atoms with E-state index in [1.807, 2.05) is 37.4 Å². The van der Waals surface area contributed by atoms with E-state index in [1.165, 1.54) is 31.1 Å². The number of thioether (sulfide) groups is 1. The van der Waals surface area contributed by atoms with Gasteiger partial charge in [0.15, 0.2) is 10.3 Å². The van der Waals surface area contributed by atoms with Crippen molar-refractivity contribution >= 4 is 51.4 Å². The summed E-state index contributed by atoms with van der Waals surface area (Å²) in [6.45, 7) is 10.0. The molecule has 0 atom stereocenters. The number of hydrogen-bond donors (Lipinski definition) is 0. The van der Waals surface area contributed by atoms with Crippen LogP contribution in [0.5, 0.6) is 0 Å². The van der Waals surface area contributed by atoms with Gasteiger partial charge in [-0.2, -0.15) is 0 Å². The average Bonchev–Trinajstić information content (AvgIpc) is 3.31. The molecule has 1 aliphatic rings. The summed E-state index contributed by atoms with van der Waals surface area (Å²) in [4.78, 5) is 18.8. The van der Waals surface area contributed by atoms with Crippen molar-refractivity contribution in [1.82, 2.24) is 19.7 Å². The lowest BCUT2D eigenvalue weighted by atomic mass is 10.1. The standard InChI is InChI=1S/C22H24ClN5OS2/c1-5-8-27-20(16-6-7-16)25-26-22(27)31-12-17-11-30-21(24-17)28(15(4)29)19-14(3)9-13(2)10-18(19)23/h5,9-11,16H,1,6-8,12H2,2-4H3. The van der Waals surface area contributed by atoms with Gasteiger partial charge in [0.2, 0.25) is 5.91 Å².